The summed E-state index contributed by atoms with van der Waals surface area (Å²) < 4.78 is 72.6. The van der Waals surface area contributed by atoms with Crippen molar-refractivity contribution in [2.75, 3.05) is 0 Å². The molecule has 0 spiro atoms. The van der Waals surface area contributed by atoms with Crippen LogP contribution in [0.3, 0.4) is 0 Å². The van der Waals surface area contributed by atoms with Crippen molar-refractivity contribution in [1.29, 1.82) is 0 Å². The quantitative estimate of drug-likeness (QED) is 0.0251. The third-order valence-electron chi connectivity index (χ3n) is 14.0. The zero-order valence-electron chi connectivity index (χ0n) is 44.2. The standard InChI is InChI=1S/2C30H48O3S.Ca/c2*1-3-5-7-9-11-13-15-17-20-26-22-19-23-27-24-28(30(25-29(26)27)34(31,32)33)21-18-16-14-12-10-8-6-4-2;/h2*19,22-25H,3-18,20-21H2,1-2H3,(H,31,32,33);/q;;+2/p-2. The summed E-state index contributed by atoms with van der Waals surface area (Å²) in [4.78, 5) is -0.0161. The van der Waals surface area contributed by atoms with Crippen LogP contribution in [0.1, 0.15) is 255 Å². The molecule has 0 heterocycles. The molecule has 4 aromatic carbocycles. The van der Waals surface area contributed by atoms with E-state index in [2.05, 4.69) is 52.0 Å². The summed E-state index contributed by atoms with van der Waals surface area (Å²) in [6.45, 7) is 8.94. The van der Waals surface area contributed by atoms with Gasteiger partial charge in [-0.3, -0.25) is 0 Å². The minimum atomic E-state index is -4.49. The summed E-state index contributed by atoms with van der Waals surface area (Å²) >= 11 is 0. The molecule has 0 aliphatic rings. The van der Waals surface area contributed by atoms with E-state index in [4.69, 9.17) is 0 Å². The largest absolute Gasteiger partial charge is 2.00 e. The van der Waals surface area contributed by atoms with Crippen LogP contribution in [0.2, 0.25) is 0 Å². The van der Waals surface area contributed by atoms with Crippen LogP contribution < -0.4 is 0 Å². The summed E-state index contributed by atoms with van der Waals surface area (Å²) in [6, 6.07) is 19.6. The van der Waals surface area contributed by atoms with Crippen molar-refractivity contribution in [3.8, 4) is 0 Å². The summed E-state index contributed by atoms with van der Waals surface area (Å²) in [5, 5.41) is 3.97. The molecule has 0 bridgehead atoms. The molecule has 0 unspecified atom stereocenters. The van der Waals surface area contributed by atoms with E-state index in [0.717, 1.165) is 84.0 Å². The van der Waals surface area contributed by atoms with Gasteiger partial charge in [-0.1, -0.05) is 244 Å². The van der Waals surface area contributed by atoms with E-state index >= 15 is 0 Å². The Labute approximate surface area is 453 Å². The molecule has 4 aromatic rings. The molecule has 0 N–H and O–H groups in total. The van der Waals surface area contributed by atoms with Crippen molar-refractivity contribution < 1.29 is 25.9 Å². The molecular weight excluding hydrogens is 921 g/mol. The van der Waals surface area contributed by atoms with E-state index in [0.29, 0.717) is 24.0 Å². The Morgan fingerprint density at radius 3 is 0.797 bits per heavy atom. The Morgan fingerprint density at radius 1 is 0.319 bits per heavy atom. The van der Waals surface area contributed by atoms with Gasteiger partial charge in [-0.15, -0.1) is 0 Å². The van der Waals surface area contributed by atoms with Crippen LogP contribution in [-0.4, -0.2) is 63.7 Å². The van der Waals surface area contributed by atoms with Crippen molar-refractivity contribution in [1.82, 2.24) is 0 Å². The Bertz CT molecular complexity index is 2030. The first-order chi connectivity index (χ1) is 32.9. The molecule has 0 saturated carbocycles. The van der Waals surface area contributed by atoms with Gasteiger partial charge in [0.05, 0.1) is 9.79 Å². The number of unbranched alkanes of at least 4 members (excludes halogenated alkanes) is 28. The van der Waals surface area contributed by atoms with Crippen molar-refractivity contribution in [3.63, 3.8) is 0 Å². The Hall–Kier alpha value is -1.52. The van der Waals surface area contributed by atoms with Crippen LogP contribution in [0.15, 0.2) is 70.5 Å². The van der Waals surface area contributed by atoms with Crippen molar-refractivity contribution >= 4 is 79.5 Å². The fourth-order valence-corrected chi connectivity index (χ4v) is 11.4. The fraction of sp³-hybridized carbons (Fsp3) is 0.667. The molecule has 0 fully saturated rings. The predicted octanol–water partition coefficient (Wildman–Crippen LogP) is 17.8. The van der Waals surface area contributed by atoms with E-state index in [1.807, 2.05) is 24.3 Å². The van der Waals surface area contributed by atoms with E-state index in [9.17, 15) is 25.9 Å². The smallest absolute Gasteiger partial charge is 0.744 e. The molecule has 6 nitrogen and oxygen atoms in total. The van der Waals surface area contributed by atoms with Crippen LogP contribution in [0.4, 0.5) is 0 Å². The molecule has 0 saturated heterocycles. The van der Waals surface area contributed by atoms with E-state index in [1.165, 1.54) is 167 Å². The summed E-state index contributed by atoms with van der Waals surface area (Å²) in [5.74, 6) is 0. The van der Waals surface area contributed by atoms with Gasteiger partial charge in [-0.25, -0.2) is 16.8 Å². The second-order valence-electron chi connectivity index (χ2n) is 20.0. The van der Waals surface area contributed by atoms with Gasteiger partial charge < -0.3 is 9.11 Å². The average molecular weight is 1020 g/mol. The summed E-state index contributed by atoms with van der Waals surface area (Å²) in [5.41, 5.74) is 3.70. The molecule has 0 amide bonds. The van der Waals surface area contributed by atoms with Crippen LogP contribution in [0.25, 0.3) is 21.5 Å². The second kappa shape index (κ2) is 38.1. The van der Waals surface area contributed by atoms with Gasteiger partial charge in [0, 0.05) is 0 Å². The van der Waals surface area contributed by atoms with Gasteiger partial charge >= 0.3 is 37.7 Å². The van der Waals surface area contributed by atoms with Crippen molar-refractivity contribution in [3.05, 3.63) is 82.9 Å². The van der Waals surface area contributed by atoms with Gasteiger partial charge in [0.25, 0.3) is 0 Å². The normalized spacial score (nSPS) is 11.8. The molecule has 4 rings (SSSR count). The molecule has 0 aliphatic heterocycles. The molecular formula is C60H94CaO6S2. The molecule has 69 heavy (non-hydrogen) atoms. The number of fused-ring (bicyclic) bond motifs is 2. The Morgan fingerprint density at radius 2 is 0.551 bits per heavy atom. The van der Waals surface area contributed by atoms with Crippen LogP contribution in [0, 0.1) is 0 Å². The first-order valence-corrected chi connectivity index (χ1v) is 30.8. The van der Waals surface area contributed by atoms with Crippen LogP contribution in [0.5, 0.6) is 0 Å². The Balaban J connectivity index is 0.000000467. The van der Waals surface area contributed by atoms with Gasteiger partial charge in [-0.05, 0) is 119 Å². The number of aryl methyl sites for hydroxylation is 4. The van der Waals surface area contributed by atoms with Crippen LogP contribution in [-0.2, 0) is 45.9 Å². The van der Waals surface area contributed by atoms with Crippen LogP contribution >= 0.6 is 0 Å². The SMILES string of the molecule is CCCCCCCCCCc1cc2cccc(CCCCCCCCCC)c2cc1S(=O)(=O)[O-].CCCCCCCCCCc1cc2cccc(CCCCCCCCCC)c2cc1S(=O)(=O)[O-].[Ca+2]. The number of hydrogen-bond acceptors (Lipinski definition) is 6. The molecule has 9 heteroatoms. The van der Waals surface area contributed by atoms with E-state index in [1.54, 1.807) is 12.1 Å². The molecule has 0 aliphatic carbocycles. The van der Waals surface area contributed by atoms with E-state index < -0.39 is 20.2 Å². The molecule has 0 radical (unpaired) electrons. The van der Waals surface area contributed by atoms with Gasteiger partial charge in [0.15, 0.2) is 0 Å². The topological polar surface area (TPSA) is 114 Å². The first-order valence-electron chi connectivity index (χ1n) is 27.9. The molecule has 384 valence electrons. The fourth-order valence-electron chi connectivity index (χ4n) is 9.92. The second-order valence-corrected chi connectivity index (χ2v) is 22.7. The van der Waals surface area contributed by atoms with Crippen molar-refractivity contribution in [2.45, 2.75) is 269 Å². The third kappa shape index (κ3) is 26.3. The first kappa shape index (κ1) is 63.6. The Kier molecular flexibility index (Phi) is 35.1. The maximum Gasteiger partial charge on any atom is 2.00 e. The van der Waals surface area contributed by atoms with Crippen molar-refractivity contribution in [2.24, 2.45) is 0 Å². The zero-order chi connectivity index (χ0) is 49.3. The van der Waals surface area contributed by atoms with E-state index in [-0.39, 0.29) is 47.5 Å². The van der Waals surface area contributed by atoms with Gasteiger partial charge in [0.1, 0.15) is 20.2 Å². The maximum absolute atomic E-state index is 12.1. The summed E-state index contributed by atoms with van der Waals surface area (Å²) in [7, 11) is -8.98. The zero-order valence-corrected chi connectivity index (χ0v) is 48.0. The maximum atomic E-state index is 12.1. The number of rotatable bonds is 38. The minimum Gasteiger partial charge on any atom is -0.744 e. The predicted molar refractivity (Wildman–Crippen MR) is 295 cm³/mol. The minimum absolute atomic E-state index is 0. The summed E-state index contributed by atoms with van der Waals surface area (Å²) in [6.07, 6.45) is 42.7. The molecule has 0 aromatic heterocycles. The number of hydrogen-bond donors (Lipinski definition) is 0. The monoisotopic (exact) mass is 1010 g/mol. The molecule has 0 atom stereocenters. The van der Waals surface area contributed by atoms with Gasteiger partial charge in [0.2, 0.25) is 0 Å². The third-order valence-corrected chi connectivity index (χ3v) is 15.9. The van der Waals surface area contributed by atoms with Gasteiger partial charge in [-0.2, -0.15) is 0 Å². The number of benzene rings is 4. The average Bonchev–Trinajstić information content (AvgIpc) is 3.31.